The lowest BCUT2D eigenvalue weighted by Crippen LogP contribution is -2.45. The van der Waals surface area contributed by atoms with Crippen LogP contribution in [-0.2, 0) is 18.9 Å². The quantitative estimate of drug-likeness (QED) is 0.472. The molecule has 154 valence electrons. The van der Waals surface area contributed by atoms with E-state index in [1.165, 1.54) is 29.1 Å². The topological polar surface area (TPSA) is 51.0 Å². The highest BCUT2D eigenvalue weighted by Crippen LogP contribution is 2.36. The van der Waals surface area contributed by atoms with Gasteiger partial charge in [-0.25, -0.2) is 13.2 Å². The van der Waals surface area contributed by atoms with Gasteiger partial charge in [-0.1, -0.05) is 0 Å². The standard InChI is InChI=1S/C22H13B2F3N4O/c1-30-9-15-14(7-12(25)8-19(15)29-30)11-5-17(26)16(18(27)6-11)10-31-21(32)13-3-2-4-28-20(13)22(31,23)24/h2-9H,10H2,1H3. The van der Waals surface area contributed by atoms with Gasteiger partial charge in [-0.05, 0) is 41.5 Å². The zero-order valence-electron chi connectivity index (χ0n) is 16.8. The SMILES string of the molecule is [B]C1([B])c2ncccc2C(=O)N1Cc1c(F)cc(-c2cc(F)cc3nn(C)cc23)cc1F. The van der Waals surface area contributed by atoms with Crippen LogP contribution in [0.1, 0.15) is 21.6 Å². The van der Waals surface area contributed by atoms with E-state index in [2.05, 4.69) is 10.1 Å². The van der Waals surface area contributed by atoms with Crippen LogP contribution in [0.4, 0.5) is 13.2 Å². The average Bonchev–Trinajstić information content (AvgIpc) is 3.19. The number of nitrogens with zero attached hydrogens (tertiary/aromatic N) is 4. The third-order valence-corrected chi connectivity index (χ3v) is 5.58. The Kier molecular flexibility index (Phi) is 4.44. The minimum absolute atomic E-state index is 0.126. The second-order valence-electron chi connectivity index (χ2n) is 7.72. The molecule has 0 atom stereocenters. The Morgan fingerprint density at radius 2 is 1.78 bits per heavy atom. The Balaban J connectivity index is 1.56. The molecule has 0 spiro atoms. The van der Waals surface area contributed by atoms with Crippen molar-refractivity contribution in [1.29, 1.82) is 0 Å². The van der Waals surface area contributed by atoms with Gasteiger partial charge in [0.05, 0.1) is 39.0 Å². The molecular formula is C22H13B2F3N4O. The molecule has 0 N–H and O–H groups in total. The number of hydrogen-bond acceptors (Lipinski definition) is 3. The summed E-state index contributed by atoms with van der Waals surface area (Å²) in [6.07, 6.45) is 3.07. The second-order valence-corrected chi connectivity index (χ2v) is 7.72. The summed E-state index contributed by atoms with van der Waals surface area (Å²) in [6.45, 7) is -0.508. The molecule has 5 rings (SSSR count). The van der Waals surface area contributed by atoms with Crippen LogP contribution in [0.3, 0.4) is 0 Å². The number of aryl methyl sites for hydroxylation is 1. The predicted octanol–water partition coefficient (Wildman–Crippen LogP) is 3.16. The first-order valence-electron chi connectivity index (χ1n) is 9.63. The number of carbonyl (C=O) groups excluding carboxylic acids is 1. The molecule has 0 aliphatic carbocycles. The Hall–Kier alpha value is -3.55. The Morgan fingerprint density at radius 3 is 2.47 bits per heavy atom. The van der Waals surface area contributed by atoms with Crippen molar-refractivity contribution in [2.45, 2.75) is 11.9 Å². The summed E-state index contributed by atoms with van der Waals surface area (Å²) in [4.78, 5) is 17.8. The van der Waals surface area contributed by atoms with Gasteiger partial charge < -0.3 is 4.90 Å². The highest BCUT2D eigenvalue weighted by molar-refractivity contribution is 6.42. The highest BCUT2D eigenvalue weighted by Gasteiger charge is 2.43. The Morgan fingerprint density at radius 1 is 1.06 bits per heavy atom. The number of rotatable bonds is 3. The third-order valence-electron chi connectivity index (χ3n) is 5.58. The van der Waals surface area contributed by atoms with Crippen LogP contribution in [0.5, 0.6) is 0 Å². The zero-order valence-corrected chi connectivity index (χ0v) is 16.8. The molecule has 1 aliphatic rings. The van der Waals surface area contributed by atoms with Gasteiger partial charge >= 0.3 is 0 Å². The fourth-order valence-electron chi connectivity index (χ4n) is 4.06. The van der Waals surface area contributed by atoms with Crippen LogP contribution in [0, 0.1) is 17.5 Å². The van der Waals surface area contributed by atoms with E-state index in [1.807, 2.05) is 0 Å². The fourth-order valence-corrected chi connectivity index (χ4v) is 4.06. The smallest absolute Gasteiger partial charge is 0.255 e. The van der Waals surface area contributed by atoms with E-state index in [-0.39, 0.29) is 16.8 Å². The van der Waals surface area contributed by atoms with Crippen molar-refractivity contribution >= 4 is 32.5 Å². The van der Waals surface area contributed by atoms with Crippen LogP contribution in [0.25, 0.3) is 22.0 Å². The van der Waals surface area contributed by atoms with Gasteiger partial charge in [0, 0.05) is 41.8 Å². The van der Waals surface area contributed by atoms with Crippen LogP contribution >= 0.6 is 0 Å². The van der Waals surface area contributed by atoms with Crippen molar-refractivity contribution in [3.05, 3.63) is 83.1 Å². The number of pyridine rings is 1. The monoisotopic (exact) mass is 428 g/mol. The lowest BCUT2D eigenvalue weighted by molar-refractivity contribution is 0.0727. The molecule has 0 saturated carbocycles. The van der Waals surface area contributed by atoms with Gasteiger partial charge in [-0.2, -0.15) is 5.10 Å². The van der Waals surface area contributed by atoms with E-state index in [4.69, 9.17) is 15.7 Å². The fraction of sp³-hybridized carbons (Fsp3) is 0.136. The molecular weight excluding hydrogens is 415 g/mol. The minimum Gasteiger partial charge on any atom is -0.340 e. The number of benzene rings is 2. The summed E-state index contributed by atoms with van der Waals surface area (Å²) in [6, 6.07) is 7.64. The highest BCUT2D eigenvalue weighted by atomic mass is 19.1. The molecule has 3 heterocycles. The molecule has 0 bridgehead atoms. The zero-order chi connectivity index (χ0) is 22.8. The predicted molar refractivity (Wildman–Crippen MR) is 113 cm³/mol. The van der Waals surface area contributed by atoms with Crippen LogP contribution < -0.4 is 0 Å². The first-order valence-corrected chi connectivity index (χ1v) is 9.63. The summed E-state index contributed by atoms with van der Waals surface area (Å²) in [5, 5.41) is 2.86. The number of hydrogen-bond donors (Lipinski definition) is 0. The summed E-state index contributed by atoms with van der Waals surface area (Å²) >= 11 is 0. The normalized spacial score (nSPS) is 14.9. The molecule has 32 heavy (non-hydrogen) atoms. The molecule has 4 radical (unpaired) electrons. The summed E-state index contributed by atoms with van der Waals surface area (Å²) in [7, 11) is 13.9. The van der Waals surface area contributed by atoms with Gasteiger partial charge in [0.25, 0.3) is 5.91 Å². The van der Waals surface area contributed by atoms with Gasteiger partial charge in [0.15, 0.2) is 0 Å². The molecule has 1 amide bonds. The van der Waals surface area contributed by atoms with E-state index >= 15 is 8.78 Å². The largest absolute Gasteiger partial charge is 0.340 e. The van der Waals surface area contributed by atoms with Crippen LogP contribution in [0.2, 0.25) is 0 Å². The van der Waals surface area contributed by atoms with E-state index in [1.54, 1.807) is 19.3 Å². The molecule has 0 fully saturated rings. The van der Waals surface area contributed by atoms with E-state index < -0.39 is 40.8 Å². The van der Waals surface area contributed by atoms with Crippen molar-refractivity contribution in [2.24, 2.45) is 7.05 Å². The van der Waals surface area contributed by atoms with Gasteiger partial charge in [0.1, 0.15) is 17.5 Å². The number of aromatic nitrogens is 3. The number of carbonyl (C=O) groups is 1. The second kappa shape index (κ2) is 6.98. The maximum absolute atomic E-state index is 15.1. The molecule has 5 nitrogen and oxygen atoms in total. The van der Waals surface area contributed by atoms with Crippen LogP contribution in [0.15, 0.2) is 48.8 Å². The van der Waals surface area contributed by atoms with E-state index in [0.29, 0.717) is 16.5 Å². The number of fused-ring (bicyclic) bond motifs is 2. The number of amides is 1. The first-order chi connectivity index (χ1) is 15.2. The van der Waals surface area contributed by atoms with Crippen molar-refractivity contribution in [2.75, 3.05) is 0 Å². The molecule has 0 unspecified atom stereocenters. The third kappa shape index (κ3) is 3.01. The molecule has 2 aromatic carbocycles. The Bertz CT molecular complexity index is 1400. The van der Waals surface area contributed by atoms with Crippen molar-refractivity contribution in [3.63, 3.8) is 0 Å². The van der Waals surface area contributed by atoms with Crippen molar-refractivity contribution in [3.8, 4) is 11.1 Å². The van der Waals surface area contributed by atoms with Crippen molar-refractivity contribution in [1.82, 2.24) is 19.7 Å². The lowest BCUT2D eigenvalue weighted by atomic mass is 9.59. The van der Waals surface area contributed by atoms with Gasteiger partial charge in [0.2, 0.25) is 0 Å². The maximum Gasteiger partial charge on any atom is 0.255 e. The van der Waals surface area contributed by atoms with E-state index in [9.17, 15) is 9.18 Å². The molecule has 4 aromatic rings. The minimum atomic E-state index is -1.82. The summed E-state index contributed by atoms with van der Waals surface area (Å²) in [5.74, 6) is -3.01. The molecule has 1 aliphatic heterocycles. The maximum atomic E-state index is 15.1. The summed E-state index contributed by atoms with van der Waals surface area (Å²) < 4.78 is 45.7. The first kappa shape index (κ1) is 20.4. The molecule has 10 heteroatoms. The number of halogens is 3. The van der Waals surface area contributed by atoms with Crippen molar-refractivity contribution < 1.29 is 18.0 Å². The Labute approximate surface area is 183 Å². The molecule has 2 aromatic heterocycles. The van der Waals surface area contributed by atoms with Gasteiger partial charge in [-0.15, -0.1) is 0 Å². The summed E-state index contributed by atoms with van der Waals surface area (Å²) in [5.41, 5.74) is 0.684. The lowest BCUT2D eigenvalue weighted by Gasteiger charge is -2.33. The molecule has 0 saturated heterocycles. The average molecular weight is 428 g/mol. The van der Waals surface area contributed by atoms with Crippen LogP contribution in [-0.4, -0.2) is 41.3 Å². The van der Waals surface area contributed by atoms with Gasteiger partial charge in [-0.3, -0.25) is 14.5 Å². The van der Waals surface area contributed by atoms with E-state index in [0.717, 1.165) is 17.0 Å².